The number of hydrogen-bond acceptors (Lipinski definition) is 1. The molecule has 0 aromatic carbocycles. The summed E-state index contributed by atoms with van der Waals surface area (Å²) in [6, 6.07) is 0. The molecule has 1 N–H and O–H groups in total. The van der Waals surface area contributed by atoms with Crippen LogP contribution in [0.2, 0.25) is 0 Å². The maximum Gasteiger partial charge on any atom is 0.0542 e. The molecular formula is C14H28O. The SMILES string of the molecule is CCCCCCCCC(O)CC1CCC1. The molecule has 0 aromatic rings. The number of hydrogen-bond donors (Lipinski definition) is 1. The summed E-state index contributed by atoms with van der Waals surface area (Å²) in [6.45, 7) is 2.25. The van der Waals surface area contributed by atoms with Gasteiger partial charge in [0, 0.05) is 0 Å². The average molecular weight is 212 g/mol. The molecule has 0 bridgehead atoms. The van der Waals surface area contributed by atoms with Crippen LogP contribution in [-0.2, 0) is 0 Å². The lowest BCUT2D eigenvalue weighted by atomic mass is 9.81. The van der Waals surface area contributed by atoms with Crippen molar-refractivity contribution in [2.24, 2.45) is 5.92 Å². The molecule has 1 fully saturated rings. The van der Waals surface area contributed by atoms with E-state index in [-0.39, 0.29) is 6.10 Å². The first-order chi connectivity index (χ1) is 7.33. The van der Waals surface area contributed by atoms with Crippen molar-refractivity contribution in [3.8, 4) is 0 Å². The van der Waals surface area contributed by atoms with Crippen LogP contribution in [0.15, 0.2) is 0 Å². The molecule has 15 heavy (non-hydrogen) atoms. The van der Waals surface area contributed by atoms with Crippen LogP contribution in [0.5, 0.6) is 0 Å². The van der Waals surface area contributed by atoms with E-state index in [9.17, 15) is 5.11 Å². The summed E-state index contributed by atoms with van der Waals surface area (Å²) in [5.74, 6) is 0.861. The van der Waals surface area contributed by atoms with Crippen molar-refractivity contribution in [1.29, 1.82) is 0 Å². The molecule has 0 aliphatic heterocycles. The lowest BCUT2D eigenvalue weighted by Crippen LogP contribution is -2.19. The van der Waals surface area contributed by atoms with Gasteiger partial charge in [0.2, 0.25) is 0 Å². The summed E-state index contributed by atoms with van der Waals surface area (Å²) >= 11 is 0. The fourth-order valence-electron chi connectivity index (χ4n) is 2.39. The number of rotatable bonds is 9. The Balaban J connectivity index is 1.81. The average Bonchev–Trinajstić information content (AvgIpc) is 2.17. The van der Waals surface area contributed by atoms with E-state index in [1.807, 2.05) is 0 Å². The number of unbranched alkanes of at least 4 members (excludes halogenated alkanes) is 5. The van der Waals surface area contributed by atoms with Crippen LogP contribution in [0.1, 0.15) is 77.6 Å². The zero-order valence-electron chi connectivity index (χ0n) is 10.4. The van der Waals surface area contributed by atoms with Gasteiger partial charge in [0.15, 0.2) is 0 Å². The quantitative estimate of drug-likeness (QED) is 0.565. The van der Waals surface area contributed by atoms with E-state index in [4.69, 9.17) is 0 Å². The molecule has 1 rings (SSSR count). The van der Waals surface area contributed by atoms with Gasteiger partial charge < -0.3 is 5.11 Å². The molecule has 0 radical (unpaired) electrons. The molecule has 1 unspecified atom stereocenters. The van der Waals surface area contributed by atoms with Crippen molar-refractivity contribution in [3.63, 3.8) is 0 Å². The van der Waals surface area contributed by atoms with Gasteiger partial charge in [0.1, 0.15) is 0 Å². The first-order valence-electron chi connectivity index (χ1n) is 7.01. The molecule has 1 heteroatoms. The normalized spacial score (nSPS) is 18.8. The maximum absolute atomic E-state index is 9.79. The Morgan fingerprint density at radius 3 is 2.33 bits per heavy atom. The van der Waals surface area contributed by atoms with E-state index < -0.39 is 0 Å². The summed E-state index contributed by atoms with van der Waals surface area (Å²) in [7, 11) is 0. The van der Waals surface area contributed by atoms with Gasteiger partial charge in [-0.2, -0.15) is 0 Å². The summed E-state index contributed by atoms with van der Waals surface area (Å²) in [4.78, 5) is 0. The summed E-state index contributed by atoms with van der Waals surface area (Å²) in [5.41, 5.74) is 0. The van der Waals surface area contributed by atoms with Gasteiger partial charge in [0.05, 0.1) is 6.10 Å². The van der Waals surface area contributed by atoms with Crippen LogP contribution in [0, 0.1) is 5.92 Å². The third-order valence-corrected chi connectivity index (χ3v) is 3.72. The van der Waals surface area contributed by atoms with E-state index in [1.54, 1.807) is 0 Å². The number of aliphatic hydroxyl groups excluding tert-OH is 1. The lowest BCUT2D eigenvalue weighted by molar-refractivity contribution is 0.107. The third kappa shape index (κ3) is 6.19. The van der Waals surface area contributed by atoms with Gasteiger partial charge in [-0.1, -0.05) is 64.7 Å². The molecule has 90 valence electrons. The maximum atomic E-state index is 9.79. The Hall–Kier alpha value is -0.0400. The van der Waals surface area contributed by atoms with Crippen LogP contribution in [-0.4, -0.2) is 11.2 Å². The Labute approximate surface area is 95.3 Å². The van der Waals surface area contributed by atoms with Crippen LogP contribution < -0.4 is 0 Å². The standard InChI is InChI=1S/C14H28O/c1-2-3-4-5-6-7-11-14(15)12-13-9-8-10-13/h13-15H,2-12H2,1H3. The highest BCUT2D eigenvalue weighted by Gasteiger charge is 2.20. The van der Waals surface area contributed by atoms with Crippen LogP contribution in [0.25, 0.3) is 0 Å². The van der Waals surface area contributed by atoms with Gasteiger partial charge in [-0.25, -0.2) is 0 Å². The second-order valence-electron chi connectivity index (χ2n) is 5.24. The highest BCUT2D eigenvalue weighted by Crippen LogP contribution is 2.31. The van der Waals surface area contributed by atoms with Crippen molar-refractivity contribution in [2.75, 3.05) is 0 Å². The first-order valence-corrected chi connectivity index (χ1v) is 7.01. The molecule has 1 nitrogen and oxygen atoms in total. The first kappa shape index (κ1) is 13.0. The molecule has 0 heterocycles. The van der Waals surface area contributed by atoms with Gasteiger partial charge >= 0.3 is 0 Å². The number of aliphatic hydroxyl groups is 1. The van der Waals surface area contributed by atoms with E-state index in [1.165, 1.54) is 57.8 Å². The largest absolute Gasteiger partial charge is 0.393 e. The predicted molar refractivity (Wildman–Crippen MR) is 66.0 cm³/mol. The summed E-state index contributed by atoms with van der Waals surface area (Å²) in [6.07, 6.45) is 14.3. The topological polar surface area (TPSA) is 20.2 Å². The van der Waals surface area contributed by atoms with Gasteiger partial charge in [-0.3, -0.25) is 0 Å². The molecule has 1 aliphatic carbocycles. The zero-order chi connectivity index (χ0) is 10.9. The molecule has 0 aromatic heterocycles. The van der Waals surface area contributed by atoms with Crippen LogP contribution in [0.4, 0.5) is 0 Å². The monoisotopic (exact) mass is 212 g/mol. The molecule has 0 spiro atoms. The molecular weight excluding hydrogens is 184 g/mol. The fraction of sp³-hybridized carbons (Fsp3) is 1.00. The fourth-order valence-corrected chi connectivity index (χ4v) is 2.39. The Kier molecular flexibility index (Phi) is 7.08. The van der Waals surface area contributed by atoms with Crippen molar-refractivity contribution in [1.82, 2.24) is 0 Å². The summed E-state index contributed by atoms with van der Waals surface area (Å²) < 4.78 is 0. The minimum Gasteiger partial charge on any atom is -0.393 e. The minimum atomic E-state index is 0.00137. The molecule has 1 saturated carbocycles. The highest BCUT2D eigenvalue weighted by atomic mass is 16.3. The lowest BCUT2D eigenvalue weighted by Gasteiger charge is -2.27. The second-order valence-corrected chi connectivity index (χ2v) is 5.24. The van der Waals surface area contributed by atoms with E-state index in [0.717, 1.165) is 18.8 Å². The smallest absolute Gasteiger partial charge is 0.0542 e. The molecule has 0 amide bonds. The summed E-state index contributed by atoms with van der Waals surface area (Å²) in [5, 5.41) is 9.79. The molecule has 1 atom stereocenters. The van der Waals surface area contributed by atoms with Gasteiger partial charge in [-0.15, -0.1) is 0 Å². The minimum absolute atomic E-state index is 0.00137. The third-order valence-electron chi connectivity index (χ3n) is 3.72. The molecule has 0 saturated heterocycles. The second kappa shape index (κ2) is 8.15. The Morgan fingerprint density at radius 2 is 1.73 bits per heavy atom. The van der Waals surface area contributed by atoms with Gasteiger partial charge in [0.25, 0.3) is 0 Å². The predicted octanol–water partition coefficient (Wildman–Crippen LogP) is 4.29. The van der Waals surface area contributed by atoms with Crippen LogP contribution >= 0.6 is 0 Å². The molecule has 1 aliphatic rings. The Morgan fingerprint density at radius 1 is 1.07 bits per heavy atom. The highest BCUT2D eigenvalue weighted by molar-refractivity contribution is 4.73. The van der Waals surface area contributed by atoms with Gasteiger partial charge in [-0.05, 0) is 18.8 Å². The van der Waals surface area contributed by atoms with Crippen molar-refractivity contribution < 1.29 is 5.11 Å². The van der Waals surface area contributed by atoms with Crippen molar-refractivity contribution in [2.45, 2.75) is 83.7 Å². The Bertz CT molecular complexity index is 140. The van der Waals surface area contributed by atoms with E-state index in [0.29, 0.717) is 0 Å². The zero-order valence-corrected chi connectivity index (χ0v) is 10.4. The van der Waals surface area contributed by atoms with Crippen molar-refractivity contribution >= 4 is 0 Å². The van der Waals surface area contributed by atoms with Crippen LogP contribution in [0.3, 0.4) is 0 Å². The van der Waals surface area contributed by atoms with Crippen molar-refractivity contribution in [3.05, 3.63) is 0 Å². The van der Waals surface area contributed by atoms with E-state index in [2.05, 4.69) is 6.92 Å². The van der Waals surface area contributed by atoms with E-state index >= 15 is 0 Å².